The lowest BCUT2D eigenvalue weighted by molar-refractivity contribution is 0.118. The summed E-state index contributed by atoms with van der Waals surface area (Å²) in [4.78, 5) is 10.4. The molecule has 1 fully saturated rings. The Labute approximate surface area is 59.6 Å². The largest absolute Gasteiger partial charge is 0.509 e. The molecule has 1 aliphatic heterocycles. The quantitative estimate of drug-likeness (QED) is 0.429. The highest BCUT2D eigenvalue weighted by atomic mass is 16.8. The van der Waals surface area contributed by atoms with Gasteiger partial charge in [-0.1, -0.05) is 6.08 Å². The minimum atomic E-state index is -0.633. The Hall–Kier alpha value is -0.990. The first-order chi connectivity index (χ1) is 4.74. The number of carbonyl (C=O) groups excluding carboxylic acids is 1. The van der Waals surface area contributed by atoms with Crippen molar-refractivity contribution in [2.24, 2.45) is 0 Å². The van der Waals surface area contributed by atoms with Crippen LogP contribution in [0.1, 0.15) is 6.42 Å². The summed E-state index contributed by atoms with van der Waals surface area (Å²) >= 11 is 0. The molecule has 10 heavy (non-hydrogen) atoms. The summed E-state index contributed by atoms with van der Waals surface area (Å²) in [5.41, 5.74) is 0. The zero-order valence-electron chi connectivity index (χ0n) is 5.58. The Kier molecular flexibility index (Phi) is 1.94. The third kappa shape index (κ3) is 1.29. The molecule has 3 nitrogen and oxygen atoms in total. The van der Waals surface area contributed by atoms with Crippen LogP contribution in [-0.2, 0) is 9.47 Å². The molecule has 0 aliphatic carbocycles. The van der Waals surface area contributed by atoms with Crippen molar-refractivity contribution in [1.82, 2.24) is 0 Å². The van der Waals surface area contributed by atoms with E-state index >= 15 is 0 Å². The fourth-order valence-electron chi connectivity index (χ4n) is 0.791. The number of rotatable bonds is 2. The zero-order valence-corrected chi connectivity index (χ0v) is 5.58. The smallest absolute Gasteiger partial charge is 0.427 e. The van der Waals surface area contributed by atoms with E-state index in [-0.39, 0.29) is 12.2 Å². The fourth-order valence-corrected chi connectivity index (χ4v) is 0.791. The van der Waals surface area contributed by atoms with Gasteiger partial charge >= 0.3 is 6.16 Å². The molecule has 1 saturated heterocycles. The third-order valence-electron chi connectivity index (χ3n) is 1.31. The molecule has 0 aromatic carbocycles. The van der Waals surface area contributed by atoms with Crippen LogP contribution >= 0.6 is 0 Å². The summed E-state index contributed by atoms with van der Waals surface area (Å²) in [6, 6.07) is 0. The lowest BCUT2D eigenvalue weighted by Gasteiger charge is -2.06. The van der Waals surface area contributed by atoms with E-state index < -0.39 is 6.16 Å². The Morgan fingerprint density at radius 2 is 2.30 bits per heavy atom. The van der Waals surface area contributed by atoms with Crippen LogP contribution in [0, 0.1) is 6.92 Å². The second kappa shape index (κ2) is 2.73. The maximum absolute atomic E-state index is 10.4. The van der Waals surface area contributed by atoms with Crippen LogP contribution in [0.5, 0.6) is 0 Å². The van der Waals surface area contributed by atoms with Crippen LogP contribution in [0.3, 0.4) is 0 Å². The highest BCUT2D eigenvalue weighted by molar-refractivity contribution is 5.62. The lowest BCUT2D eigenvalue weighted by Crippen LogP contribution is -2.17. The summed E-state index contributed by atoms with van der Waals surface area (Å²) < 4.78 is 9.33. The van der Waals surface area contributed by atoms with Gasteiger partial charge in [-0.2, -0.15) is 0 Å². The summed E-state index contributed by atoms with van der Waals surface area (Å²) in [6.07, 6.45) is 1.01. The SMILES string of the molecule is [CH2]C1OC(=O)OC1CC=C. The molecule has 55 valence electrons. The summed E-state index contributed by atoms with van der Waals surface area (Å²) in [5.74, 6) is 0. The van der Waals surface area contributed by atoms with Gasteiger partial charge in [0.25, 0.3) is 0 Å². The van der Waals surface area contributed by atoms with Crippen LogP contribution in [0.2, 0.25) is 0 Å². The molecular weight excluding hydrogens is 132 g/mol. The third-order valence-corrected chi connectivity index (χ3v) is 1.31. The Balaban J connectivity index is 2.45. The van der Waals surface area contributed by atoms with Gasteiger partial charge in [0.05, 0.1) is 0 Å². The van der Waals surface area contributed by atoms with Gasteiger partial charge in [-0.3, -0.25) is 0 Å². The predicted molar refractivity (Wildman–Crippen MR) is 35.3 cm³/mol. The highest BCUT2D eigenvalue weighted by Crippen LogP contribution is 2.16. The second-order valence-corrected chi connectivity index (χ2v) is 2.09. The maximum atomic E-state index is 10.4. The second-order valence-electron chi connectivity index (χ2n) is 2.09. The molecule has 2 unspecified atom stereocenters. The molecule has 1 radical (unpaired) electrons. The fraction of sp³-hybridized carbons (Fsp3) is 0.429. The number of ether oxygens (including phenoxy) is 2. The maximum Gasteiger partial charge on any atom is 0.509 e. The van der Waals surface area contributed by atoms with E-state index in [1.807, 2.05) is 0 Å². The summed E-state index contributed by atoms with van der Waals surface area (Å²) in [6.45, 7) is 7.08. The standard InChI is InChI=1S/C7H9O3/c1-3-4-6-5(2)9-7(8)10-6/h3,5-6H,1-2,4H2. The number of hydrogen-bond acceptors (Lipinski definition) is 3. The average molecular weight is 141 g/mol. The molecule has 0 bridgehead atoms. The molecule has 0 spiro atoms. The van der Waals surface area contributed by atoms with Crippen molar-refractivity contribution in [1.29, 1.82) is 0 Å². The minimum Gasteiger partial charge on any atom is -0.427 e. The van der Waals surface area contributed by atoms with Crippen molar-refractivity contribution in [3.63, 3.8) is 0 Å². The summed E-state index contributed by atoms with van der Waals surface area (Å²) in [5, 5.41) is 0. The van der Waals surface area contributed by atoms with E-state index in [1.54, 1.807) is 6.08 Å². The molecule has 0 aromatic rings. The van der Waals surface area contributed by atoms with Crippen molar-refractivity contribution in [3.05, 3.63) is 19.6 Å². The molecule has 0 saturated carbocycles. The van der Waals surface area contributed by atoms with Gasteiger partial charge in [0.2, 0.25) is 0 Å². The highest BCUT2D eigenvalue weighted by Gasteiger charge is 2.31. The van der Waals surface area contributed by atoms with E-state index in [1.165, 1.54) is 0 Å². The van der Waals surface area contributed by atoms with Gasteiger partial charge in [-0.05, 0) is 6.92 Å². The summed E-state index contributed by atoms with van der Waals surface area (Å²) in [7, 11) is 0. The monoisotopic (exact) mass is 141 g/mol. The van der Waals surface area contributed by atoms with Crippen molar-refractivity contribution in [2.75, 3.05) is 0 Å². The Bertz CT molecular complexity index is 153. The van der Waals surface area contributed by atoms with Gasteiger partial charge in [0, 0.05) is 6.42 Å². The van der Waals surface area contributed by atoms with E-state index in [0.717, 1.165) is 0 Å². The number of cyclic esters (lactones) is 2. The molecule has 0 aromatic heterocycles. The number of carbonyl (C=O) groups is 1. The van der Waals surface area contributed by atoms with Crippen LogP contribution in [0.4, 0.5) is 4.79 Å². The van der Waals surface area contributed by atoms with Crippen LogP contribution < -0.4 is 0 Å². The average Bonchev–Trinajstić information content (AvgIpc) is 2.13. The topological polar surface area (TPSA) is 35.5 Å². The van der Waals surface area contributed by atoms with Crippen LogP contribution in [0.25, 0.3) is 0 Å². The molecule has 0 N–H and O–H groups in total. The van der Waals surface area contributed by atoms with Gasteiger partial charge in [-0.15, -0.1) is 6.58 Å². The molecular formula is C7H9O3. The van der Waals surface area contributed by atoms with E-state index in [0.29, 0.717) is 6.42 Å². The Morgan fingerprint density at radius 1 is 1.60 bits per heavy atom. The molecule has 1 heterocycles. The minimum absolute atomic E-state index is 0.245. The van der Waals surface area contributed by atoms with Gasteiger partial charge in [-0.25, -0.2) is 4.79 Å². The van der Waals surface area contributed by atoms with Crippen molar-refractivity contribution < 1.29 is 14.3 Å². The Morgan fingerprint density at radius 3 is 2.70 bits per heavy atom. The van der Waals surface area contributed by atoms with Gasteiger partial charge in [0.1, 0.15) is 12.2 Å². The van der Waals surface area contributed by atoms with Gasteiger partial charge in [0.15, 0.2) is 0 Å². The molecule has 0 amide bonds. The number of hydrogen-bond donors (Lipinski definition) is 0. The molecule has 1 aliphatic rings. The molecule has 1 rings (SSSR count). The molecule has 2 atom stereocenters. The predicted octanol–water partition coefficient (Wildman–Crippen LogP) is 1.30. The van der Waals surface area contributed by atoms with E-state index in [2.05, 4.69) is 18.2 Å². The van der Waals surface area contributed by atoms with Crippen LogP contribution in [-0.4, -0.2) is 18.4 Å². The lowest BCUT2D eigenvalue weighted by atomic mass is 10.2. The van der Waals surface area contributed by atoms with Crippen LogP contribution in [0.15, 0.2) is 12.7 Å². The van der Waals surface area contributed by atoms with E-state index in [9.17, 15) is 4.79 Å². The van der Waals surface area contributed by atoms with Gasteiger partial charge < -0.3 is 9.47 Å². The van der Waals surface area contributed by atoms with Crippen molar-refractivity contribution in [2.45, 2.75) is 18.6 Å². The van der Waals surface area contributed by atoms with Crippen molar-refractivity contribution in [3.8, 4) is 0 Å². The first kappa shape index (κ1) is 7.12. The normalized spacial score (nSPS) is 31.1. The molecule has 3 heteroatoms. The zero-order chi connectivity index (χ0) is 7.56. The van der Waals surface area contributed by atoms with Crippen molar-refractivity contribution >= 4 is 6.16 Å². The first-order valence-corrected chi connectivity index (χ1v) is 3.05. The first-order valence-electron chi connectivity index (χ1n) is 3.05. The van der Waals surface area contributed by atoms with E-state index in [4.69, 9.17) is 4.74 Å².